The van der Waals surface area contributed by atoms with Crippen molar-refractivity contribution < 1.29 is 8.42 Å². The molecule has 1 heterocycles. The van der Waals surface area contributed by atoms with Crippen LogP contribution in [0.5, 0.6) is 0 Å². The van der Waals surface area contributed by atoms with Crippen LogP contribution in [0.25, 0.3) is 0 Å². The van der Waals surface area contributed by atoms with Crippen LogP contribution in [-0.2, 0) is 29.4 Å². The maximum Gasteiger partial charge on any atom is 0.263 e. The fourth-order valence-electron chi connectivity index (χ4n) is 2.65. The van der Waals surface area contributed by atoms with E-state index in [0.29, 0.717) is 0 Å². The minimum atomic E-state index is -3.66. The number of benzene rings is 1. The van der Waals surface area contributed by atoms with Gasteiger partial charge in [-0.2, -0.15) is 10.4 Å². The van der Waals surface area contributed by atoms with Crippen molar-refractivity contribution in [1.82, 2.24) is 9.78 Å². The lowest BCUT2D eigenvalue weighted by Gasteiger charge is -2.16. The number of anilines is 1. The summed E-state index contributed by atoms with van der Waals surface area (Å²) >= 11 is 0. The van der Waals surface area contributed by atoms with Crippen LogP contribution in [0.2, 0.25) is 0 Å². The zero-order valence-electron chi connectivity index (χ0n) is 12.0. The molecule has 0 unspecified atom stereocenters. The van der Waals surface area contributed by atoms with Crippen molar-refractivity contribution in [1.29, 1.82) is 5.26 Å². The molecule has 0 radical (unpaired) electrons. The van der Waals surface area contributed by atoms with Crippen LogP contribution in [0.1, 0.15) is 24.0 Å². The van der Waals surface area contributed by atoms with Crippen LogP contribution in [0.3, 0.4) is 0 Å². The predicted octanol–water partition coefficient (Wildman–Crippen LogP) is 2.09. The van der Waals surface area contributed by atoms with E-state index in [4.69, 9.17) is 5.26 Å². The highest BCUT2D eigenvalue weighted by Gasteiger charge is 2.18. The fraction of sp³-hybridized carbons (Fsp3) is 0.333. The van der Waals surface area contributed by atoms with E-state index in [2.05, 4.69) is 9.82 Å². The molecule has 1 aliphatic carbocycles. The Morgan fingerprint density at radius 1 is 1.23 bits per heavy atom. The molecule has 0 amide bonds. The molecule has 7 heteroatoms. The molecule has 0 spiro atoms. The van der Waals surface area contributed by atoms with Gasteiger partial charge < -0.3 is 0 Å². The van der Waals surface area contributed by atoms with Gasteiger partial charge in [0.15, 0.2) is 5.82 Å². The molecular formula is C15H16N4O2S. The second kappa shape index (κ2) is 5.81. The van der Waals surface area contributed by atoms with E-state index in [1.54, 1.807) is 18.3 Å². The summed E-state index contributed by atoms with van der Waals surface area (Å²) in [4.78, 5) is 0.253. The number of aromatic nitrogens is 2. The van der Waals surface area contributed by atoms with E-state index < -0.39 is 10.0 Å². The first-order valence-corrected chi connectivity index (χ1v) is 8.62. The number of fused-ring (bicyclic) bond motifs is 1. The summed E-state index contributed by atoms with van der Waals surface area (Å²) in [6.45, 7) is 0.0839. The lowest BCUT2D eigenvalue weighted by molar-refractivity contribution is 0.600. The molecule has 22 heavy (non-hydrogen) atoms. The smallest absolute Gasteiger partial charge is 0.262 e. The molecule has 1 aliphatic rings. The Kier molecular flexibility index (Phi) is 3.86. The molecule has 2 aromatic rings. The van der Waals surface area contributed by atoms with E-state index in [9.17, 15) is 8.42 Å². The third kappa shape index (κ3) is 2.97. The van der Waals surface area contributed by atoms with Crippen LogP contribution in [0.15, 0.2) is 35.4 Å². The summed E-state index contributed by atoms with van der Waals surface area (Å²) < 4.78 is 28.7. The summed E-state index contributed by atoms with van der Waals surface area (Å²) in [6, 6.07) is 8.78. The van der Waals surface area contributed by atoms with E-state index in [-0.39, 0.29) is 17.3 Å². The molecule has 1 N–H and O–H groups in total. The van der Waals surface area contributed by atoms with Crippen molar-refractivity contribution in [3.8, 4) is 6.07 Å². The minimum Gasteiger partial charge on any atom is -0.262 e. The Hall–Kier alpha value is -2.33. The minimum absolute atomic E-state index is 0.0839. The number of nitriles is 1. The van der Waals surface area contributed by atoms with Crippen molar-refractivity contribution in [2.24, 2.45) is 0 Å². The SMILES string of the molecule is N#CCn1ccc(NS(=O)(=O)c2ccc3c(c2)CCCC3)n1. The number of hydrogen-bond acceptors (Lipinski definition) is 4. The number of rotatable bonds is 4. The first-order chi connectivity index (χ1) is 10.6. The molecule has 6 nitrogen and oxygen atoms in total. The van der Waals surface area contributed by atoms with Crippen LogP contribution < -0.4 is 4.72 Å². The molecule has 1 aromatic heterocycles. The first kappa shape index (κ1) is 14.6. The summed E-state index contributed by atoms with van der Waals surface area (Å²) in [5, 5.41) is 12.6. The van der Waals surface area contributed by atoms with Gasteiger partial charge in [-0.15, -0.1) is 0 Å². The lowest BCUT2D eigenvalue weighted by atomic mass is 9.92. The summed E-state index contributed by atoms with van der Waals surface area (Å²) in [5.74, 6) is 0.216. The van der Waals surface area contributed by atoms with Gasteiger partial charge in [-0.1, -0.05) is 6.07 Å². The highest BCUT2D eigenvalue weighted by molar-refractivity contribution is 7.92. The molecule has 114 valence electrons. The Morgan fingerprint density at radius 3 is 2.77 bits per heavy atom. The zero-order valence-corrected chi connectivity index (χ0v) is 12.8. The molecule has 0 atom stereocenters. The Morgan fingerprint density at radius 2 is 2.00 bits per heavy atom. The third-order valence-electron chi connectivity index (χ3n) is 3.74. The molecule has 0 bridgehead atoms. The van der Waals surface area contributed by atoms with Crippen LogP contribution in [0.4, 0.5) is 5.82 Å². The topological polar surface area (TPSA) is 87.8 Å². The zero-order chi connectivity index (χ0) is 15.6. The Labute approximate surface area is 129 Å². The molecule has 0 saturated heterocycles. The second-order valence-corrected chi connectivity index (χ2v) is 6.98. The van der Waals surface area contributed by atoms with Gasteiger partial charge in [0.25, 0.3) is 10.0 Å². The van der Waals surface area contributed by atoms with Crippen molar-refractivity contribution in [3.63, 3.8) is 0 Å². The standard InChI is InChI=1S/C15H16N4O2S/c16-8-10-19-9-7-15(17-19)18-22(20,21)14-6-5-12-3-1-2-4-13(12)11-14/h5-7,9,11H,1-4,10H2,(H,17,18). The van der Waals surface area contributed by atoms with Crippen molar-refractivity contribution in [3.05, 3.63) is 41.6 Å². The average Bonchev–Trinajstić information content (AvgIpc) is 2.93. The molecule has 3 rings (SSSR count). The number of nitrogens with one attached hydrogen (secondary N) is 1. The van der Waals surface area contributed by atoms with Crippen LogP contribution in [-0.4, -0.2) is 18.2 Å². The number of nitrogens with zero attached hydrogens (tertiary/aromatic N) is 3. The molecular weight excluding hydrogens is 300 g/mol. The van der Waals surface area contributed by atoms with Gasteiger partial charge in [-0.3, -0.25) is 9.40 Å². The number of hydrogen-bond donors (Lipinski definition) is 1. The van der Waals surface area contributed by atoms with Gasteiger partial charge in [0, 0.05) is 12.3 Å². The van der Waals surface area contributed by atoms with E-state index >= 15 is 0 Å². The van der Waals surface area contributed by atoms with Gasteiger partial charge in [0.2, 0.25) is 0 Å². The summed E-state index contributed by atoms with van der Waals surface area (Å²) in [5.41, 5.74) is 2.35. The van der Waals surface area contributed by atoms with E-state index in [1.165, 1.54) is 16.3 Å². The van der Waals surface area contributed by atoms with Crippen molar-refractivity contribution >= 4 is 15.8 Å². The van der Waals surface area contributed by atoms with Gasteiger partial charge in [0.05, 0.1) is 11.0 Å². The van der Waals surface area contributed by atoms with Gasteiger partial charge in [-0.25, -0.2) is 8.42 Å². The van der Waals surface area contributed by atoms with Gasteiger partial charge in [0.1, 0.15) is 6.54 Å². The largest absolute Gasteiger partial charge is 0.263 e. The first-order valence-electron chi connectivity index (χ1n) is 7.13. The predicted molar refractivity (Wildman–Crippen MR) is 81.7 cm³/mol. The van der Waals surface area contributed by atoms with Crippen LogP contribution >= 0.6 is 0 Å². The molecule has 1 aromatic carbocycles. The highest BCUT2D eigenvalue weighted by atomic mass is 32.2. The monoisotopic (exact) mass is 316 g/mol. The maximum atomic E-state index is 12.4. The van der Waals surface area contributed by atoms with Crippen LogP contribution in [0, 0.1) is 11.3 Å². The summed E-state index contributed by atoms with van der Waals surface area (Å²) in [6.07, 6.45) is 5.77. The van der Waals surface area contributed by atoms with E-state index in [1.807, 2.05) is 12.1 Å². The van der Waals surface area contributed by atoms with Gasteiger partial charge >= 0.3 is 0 Å². The normalized spacial score (nSPS) is 14.1. The molecule has 0 aliphatic heterocycles. The third-order valence-corrected chi connectivity index (χ3v) is 5.09. The Bertz CT molecular complexity index is 833. The lowest BCUT2D eigenvalue weighted by Crippen LogP contribution is -2.15. The molecule has 0 fully saturated rings. The highest BCUT2D eigenvalue weighted by Crippen LogP contribution is 2.25. The van der Waals surface area contributed by atoms with Crippen molar-refractivity contribution in [2.45, 2.75) is 37.1 Å². The number of aryl methyl sites for hydroxylation is 2. The van der Waals surface area contributed by atoms with E-state index in [0.717, 1.165) is 31.2 Å². The molecule has 0 saturated carbocycles. The summed E-state index contributed by atoms with van der Waals surface area (Å²) in [7, 11) is -3.66. The second-order valence-electron chi connectivity index (χ2n) is 5.30. The average molecular weight is 316 g/mol. The fourth-order valence-corrected chi connectivity index (χ4v) is 3.70. The Balaban J connectivity index is 1.84. The van der Waals surface area contributed by atoms with Crippen molar-refractivity contribution in [2.75, 3.05) is 4.72 Å². The number of sulfonamides is 1. The quantitative estimate of drug-likeness (QED) is 0.935. The maximum absolute atomic E-state index is 12.4. The van der Waals surface area contributed by atoms with Gasteiger partial charge in [-0.05, 0) is 48.9 Å².